The molecular formula is C10H16N2. The molecule has 12 heavy (non-hydrogen) atoms. The maximum Gasteiger partial charge on any atom is 0.0340 e. The van der Waals surface area contributed by atoms with E-state index < -0.39 is 0 Å². The zero-order valence-electron chi connectivity index (χ0n) is 7.96. The highest BCUT2D eigenvalue weighted by Gasteiger charge is 1.95. The van der Waals surface area contributed by atoms with Gasteiger partial charge in [0.2, 0.25) is 0 Å². The fourth-order valence-electron chi connectivity index (χ4n) is 1.19. The van der Waals surface area contributed by atoms with Crippen LogP contribution in [0.1, 0.15) is 5.56 Å². The van der Waals surface area contributed by atoms with Crippen LogP contribution in [0.2, 0.25) is 0 Å². The SMILES string of the molecule is CNc1cccc(CN(C)C)c1. The van der Waals surface area contributed by atoms with Crippen molar-refractivity contribution in [1.82, 2.24) is 4.90 Å². The lowest BCUT2D eigenvalue weighted by molar-refractivity contribution is 0.402. The Morgan fingerprint density at radius 3 is 2.67 bits per heavy atom. The van der Waals surface area contributed by atoms with E-state index in [1.807, 2.05) is 7.05 Å². The number of anilines is 1. The summed E-state index contributed by atoms with van der Waals surface area (Å²) in [4.78, 5) is 2.16. The van der Waals surface area contributed by atoms with Gasteiger partial charge in [-0.3, -0.25) is 0 Å². The standard InChI is InChI=1S/C10H16N2/c1-11-10-6-4-5-9(7-10)8-12(2)3/h4-7,11H,8H2,1-3H3. The molecule has 0 bridgehead atoms. The van der Waals surface area contributed by atoms with Crippen LogP contribution in [0.4, 0.5) is 5.69 Å². The quantitative estimate of drug-likeness (QED) is 0.732. The van der Waals surface area contributed by atoms with Crippen molar-refractivity contribution in [1.29, 1.82) is 0 Å². The van der Waals surface area contributed by atoms with Gasteiger partial charge in [-0.15, -0.1) is 0 Å². The Labute approximate surface area is 74.2 Å². The highest BCUT2D eigenvalue weighted by atomic mass is 15.0. The molecule has 0 aromatic heterocycles. The summed E-state index contributed by atoms with van der Waals surface area (Å²) >= 11 is 0. The highest BCUT2D eigenvalue weighted by Crippen LogP contribution is 2.10. The van der Waals surface area contributed by atoms with E-state index in [0.29, 0.717) is 0 Å². The van der Waals surface area contributed by atoms with Gasteiger partial charge in [0.25, 0.3) is 0 Å². The summed E-state index contributed by atoms with van der Waals surface area (Å²) in [7, 11) is 6.09. The summed E-state index contributed by atoms with van der Waals surface area (Å²) in [5.74, 6) is 0. The van der Waals surface area contributed by atoms with Crippen LogP contribution >= 0.6 is 0 Å². The van der Waals surface area contributed by atoms with E-state index in [1.54, 1.807) is 0 Å². The molecule has 0 amide bonds. The molecule has 0 saturated heterocycles. The monoisotopic (exact) mass is 164 g/mol. The summed E-state index contributed by atoms with van der Waals surface area (Å²) in [6, 6.07) is 8.45. The largest absolute Gasteiger partial charge is 0.388 e. The Bertz CT molecular complexity index is 243. The third-order valence-corrected chi connectivity index (χ3v) is 1.71. The molecule has 0 radical (unpaired) electrons. The second kappa shape index (κ2) is 4.12. The van der Waals surface area contributed by atoms with Gasteiger partial charge in [0.1, 0.15) is 0 Å². The first kappa shape index (κ1) is 9.07. The molecule has 2 heteroatoms. The first-order valence-corrected chi connectivity index (χ1v) is 4.14. The fourth-order valence-corrected chi connectivity index (χ4v) is 1.19. The van der Waals surface area contributed by atoms with E-state index in [4.69, 9.17) is 0 Å². The summed E-state index contributed by atoms with van der Waals surface area (Å²) in [6.07, 6.45) is 0. The normalized spacial score (nSPS) is 10.3. The molecule has 0 atom stereocenters. The maximum atomic E-state index is 3.12. The second-order valence-corrected chi connectivity index (χ2v) is 3.19. The van der Waals surface area contributed by atoms with Crippen LogP contribution in [0, 0.1) is 0 Å². The second-order valence-electron chi connectivity index (χ2n) is 3.19. The lowest BCUT2D eigenvalue weighted by atomic mass is 10.2. The lowest BCUT2D eigenvalue weighted by Crippen LogP contribution is -2.10. The van der Waals surface area contributed by atoms with Crippen LogP contribution in [0.5, 0.6) is 0 Å². The zero-order valence-corrected chi connectivity index (χ0v) is 7.96. The minimum absolute atomic E-state index is 0.996. The zero-order chi connectivity index (χ0) is 8.97. The van der Waals surface area contributed by atoms with Crippen molar-refractivity contribution in [2.45, 2.75) is 6.54 Å². The smallest absolute Gasteiger partial charge is 0.0340 e. The minimum atomic E-state index is 0.996. The molecule has 0 aliphatic carbocycles. The van der Waals surface area contributed by atoms with Crippen molar-refractivity contribution >= 4 is 5.69 Å². The molecule has 0 aliphatic rings. The molecule has 0 saturated carbocycles. The van der Waals surface area contributed by atoms with E-state index in [1.165, 1.54) is 11.3 Å². The molecule has 1 aromatic carbocycles. The predicted molar refractivity (Wildman–Crippen MR) is 53.4 cm³/mol. The Kier molecular flexibility index (Phi) is 3.11. The van der Waals surface area contributed by atoms with Crippen molar-refractivity contribution in [3.05, 3.63) is 29.8 Å². The molecule has 1 aromatic rings. The fraction of sp³-hybridized carbons (Fsp3) is 0.400. The van der Waals surface area contributed by atoms with E-state index in [2.05, 4.69) is 48.6 Å². The summed E-state index contributed by atoms with van der Waals surface area (Å²) < 4.78 is 0. The van der Waals surface area contributed by atoms with Crippen molar-refractivity contribution in [2.75, 3.05) is 26.5 Å². The van der Waals surface area contributed by atoms with Gasteiger partial charge in [0.05, 0.1) is 0 Å². The van der Waals surface area contributed by atoms with Crippen molar-refractivity contribution in [2.24, 2.45) is 0 Å². The number of nitrogens with one attached hydrogen (secondary N) is 1. The predicted octanol–water partition coefficient (Wildman–Crippen LogP) is 1.79. The van der Waals surface area contributed by atoms with Crippen molar-refractivity contribution in [3.8, 4) is 0 Å². The van der Waals surface area contributed by atoms with Gasteiger partial charge in [-0.1, -0.05) is 12.1 Å². The van der Waals surface area contributed by atoms with Crippen LogP contribution in [-0.4, -0.2) is 26.0 Å². The molecule has 0 spiro atoms. The Morgan fingerprint density at radius 1 is 1.33 bits per heavy atom. The van der Waals surface area contributed by atoms with Gasteiger partial charge >= 0.3 is 0 Å². The molecule has 1 N–H and O–H groups in total. The van der Waals surface area contributed by atoms with Gasteiger partial charge in [-0.25, -0.2) is 0 Å². The molecule has 2 nitrogen and oxygen atoms in total. The van der Waals surface area contributed by atoms with Crippen LogP contribution in [0.25, 0.3) is 0 Å². The maximum absolute atomic E-state index is 3.12. The van der Waals surface area contributed by atoms with Gasteiger partial charge in [-0.2, -0.15) is 0 Å². The highest BCUT2D eigenvalue weighted by molar-refractivity contribution is 5.44. The summed E-state index contributed by atoms with van der Waals surface area (Å²) in [6.45, 7) is 0.996. The number of nitrogens with zero attached hydrogens (tertiary/aromatic N) is 1. The van der Waals surface area contributed by atoms with Crippen molar-refractivity contribution in [3.63, 3.8) is 0 Å². The first-order valence-electron chi connectivity index (χ1n) is 4.14. The molecule has 0 heterocycles. The first-order chi connectivity index (χ1) is 5.72. The van der Waals surface area contributed by atoms with Crippen molar-refractivity contribution < 1.29 is 0 Å². The van der Waals surface area contributed by atoms with E-state index in [0.717, 1.165) is 6.54 Å². The Morgan fingerprint density at radius 2 is 2.08 bits per heavy atom. The van der Waals surface area contributed by atoms with E-state index in [-0.39, 0.29) is 0 Å². The third-order valence-electron chi connectivity index (χ3n) is 1.71. The van der Waals surface area contributed by atoms with Gasteiger partial charge < -0.3 is 10.2 Å². The number of hydrogen-bond acceptors (Lipinski definition) is 2. The number of rotatable bonds is 3. The Balaban J connectivity index is 2.72. The molecule has 0 fully saturated rings. The van der Waals surface area contributed by atoms with Crippen LogP contribution in [0.3, 0.4) is 0 Å². The van der Waals surface area contributed by atoms with Crippen LogP contribution in [-0.2, 0) is 6.54 Å². The van der Waals surface area contributed by atoms with Gasteiger partial charge in [0, 0.05) is 19.3 Å². The molecular weight excluding hydrogens is 148 g/mol. The van der Waals surface area contributed by atoms with Crippen LogP contribution in [0.15, 0.2) is 24.3 Å². The number of hydrogen-bond donors (Lipinski definition) is 1. The van der Waals surface area contributed by atoms with Crippen LogP contribution < -0.4 is 5.32 Å². The lowest BCUT2D eigenvalue weighted by Gasteiger charge is -2.10. The molecule has 66 valence electrons. The van der Waals surface area contributed by atoms with E-state index >= 15 is 0 Å². The summed E-state index contributed by atoms with van der Waals surface area (Å²) in [5, 5.41) is 3.12. The van der Waals surface area contributed by atoms with Gasteiger partial charge in [-0.05, 0) is 31.8 Å². The average molecular weight is 164 g/mol. The van der Waals surface area contributed by atoms with Gasteiger partial charge in [0.15, 0.2) is 0 Å². The number of benzene rings is 1. The summed E-state index contributed by atoms with van der Waals surface area (Å²) in [5.41, 5.74) is 2.52. The topological polar surface area (TPSA) is 15.3 Å². The average Bonchev–Trinajstić information content (AvgIpc) is 2.03. The molecule has 0 aliphatic heterocycles. The Hall–Kier alpha value is -1.02. The minimum Gasteiger partial charge on any atom is -0.388 e. The third kappa shape index (κ3) is 2.55. The molecule has 0 unspecified atom stereocenters. The molecule has 1 rings (SSSR count). The van der Waals surface area contributed by atoms with E-state index in [9.17, 15) is 0 Å².